The average Bonchev–Trinajstić information content (AvgIpc) is 2.55. The standard InChI is InChI=1S/C18H19ClN2O3/c1-4-5-6-24-17-15(19)8-12(9-16(17)23-3)13-7-11(2)21-18(22)14(13)10-20/h7-9H,4-6H2,1-3H3,(H,21,22). The van der Waals surface area contributed by atoms with E-state index >= 15 is 0 Å². The number of methoxy groups -OCH3 is 1. The summed E-state index contributed by atoms with van der Waals surface area (Å²) in [5, 5.41) is 9.66. The van der Waals surface area contributed by atoms with Crippen molar-refractivity contribution in [2.24, 2.45) is 0 Å². The van der Waals surface area contributed by atoms with Crippen LogP contribution in [-0.2, 0) is 0 Å². The molecule has 5 nitrogen and oxygen atoms in total. The number of H-pyrrole nitrogens is 1. The van der Waals surface area contributed by atoms with Crippen LogP contribution < -0.4 is 15.0 Å². The van der Waals surface area contributed by atoms with Gasteiger partial charge in [-0.1, -0.05) is 24.9 Å². The third-order valence-electron chi connectivity index (χ3n) is 3.56. The molecule has 24 heavy (non-hydrogen) atoms. The number of unbranched alkanes of at least 4 members (excludes halogenated alkanes) is 1. The lowest BCUT2D eigenvalue weighted by Gasteiger charge is -2.15. The number of benzene rings is 1. The zero-order chi connectivity index (χ0) is 17.7. The van der Waals surface area contributed by atoms with E-state index in [-0.39, 0.29) is 5.56 Å². The van der Waals surface area contributed by atoms with Crippen molar-refractivity contribution in [3.8, 4) is 28.7 Å². The lowest BCUT2D eigenvalue weighted by molar-refractivity contribution is 0.288. The summed E-state index contributed by atoms with van der Waals surface area (Å²) in [6.07, 6.45) is 1.92. The number of hydrogen-bond donors (Lipinski definition) is 1. The third kappa shape index (κ3) is 3.72. The number of hydrogen-bond acceptors (Lipinski definition) is 4. The first-order chi connectivity index (χ1) is 11.5. The summed E-state index contributed by atoms with van der Waals surface area (Å²) in [5.41, 5.74) is 1.42. The molecule has 0 aliphatic rings. The highest BCUT2D eigenvalue weighted by molar-refractivity contribution is 6.32. The fourth-order valence-electron chi connectivity index (χ4n) is 2.36. The van der Waals surface area contributed by atoms with E-state index in [9.17, 15) is 10.1 Å². The van der Waals surface area contributed by atoms with Crippen LogP contribution in [0.25, 0.3) is 11.1 Å². The molecule has 6 heteroatoms. The van der Waals surface area contributed by atoms with Crippen LogP contribution >= 0.6 is 11.6 Å². The van der Waals surface area contributed by atoms with Crippen molar-refractivity contribution in [2.75, 3.05) is 13.7 Å². The monoisotopic (exact) mass is 346 g/mol. The minimum absolute atomic E-state index is 0.0402. The smallest absolute Gasteiger partial charge is 0.266 e. The van der Waals surface area contributed by atoms with Crippen LogP contribution in [0.1, 0.15) is 31.0 Å². The fraction of sp³-hybridized carbons (Fsp3) is 0.333. The number of ether oxygens (including phenoxy) is 2. The molecule has 1 N–H and O–H groups in total. The van der Waals surface area contributed by atoms with Crippen LogP contribution in [0.2, 0.25) is 5.02 Å². The van der Waals surface area contributed by atoms with Gasteiger partial charge in [0.25, 0.3) is 5.56 Å². The first-order valence-electron chi connectivity index (χ1n) is 7.66. The van der Waals surface area contributed by atoms with Gasteiger partial charge < -0.3 is 14.5 Å². The molecule has 0 saturated heterocycles. The second-order valence-electron chi connectivity index (χ2n) is 5.37. The van der Waals surface area contributed by atoms with Gasteiger partial charge in [0.15, 0.2) is 11.5 Å². The minimum Gasteiger partial charge on any atom is -0.493 e. The molecule has 0 unspecified atom stereocenters. The van der Waals surface area contributed by atoms with Crippen LogP contribution in [0.15, 0.2) is 23.0 Å². The lowest BCUT2D eigenvalue weighted by atomic mass is 10.0. The molecule has 0 bridgehead atoms. The normalized spacial score (nSPS) is 10.3. The molecular weight excluding hydrogens is 328 g/mol. The van der Waals surface area contributed by atoms with Crippen molar-refractivity contribution in [2.45, 2.75) is 26.7 Å². The lowest BCUT2D eigenvalue weighted by Crippen LogP contribution is -2.12. The Labute approximate surface area is 145 Å². The van der Waals surface area contributed by atoms with Gasteiger partial charge >= 0.3 is 0 Å². The van der Waals surface area contributed by atoms with Gasteiger partial charge in [-0.15, -0.1) is 0 Å². The Morgan fingerprint density at radius 2 is 2.08 bits per heavy atom. The van der Waals surface area contributed by atoms with E-state index in [4.69, 9.17) is 21.1 Å². The minimum atomic E-state index is -0.425. The summed E-state index contributed by atoms with van der Waals surface area (Å²) in [5.74, 6) is 0.937. The quantitative estimate of drug-likeness (QED) is 0.800. The Hall–Kier alpha value is -2.45. The molecule has 0 aliphatic carbocycles. The number of rotatable bonds is 6. The zero-order valence-electron chi connectivity index (χ0n) is 13.9. The van der Waals surface area contributed by atoms with Gasteiger partial charge in [-0.05, 0) is 37.1 Å². The number of pyridine rings is 1. The summed E-state index contributed by atoms with van der Waals surface area (Å²) < 4.78 is 11.1. The Morgan fingerprint density at radius 1 is 1.33 bits per heavy atom. The molecule has 0 saturated carbocycles. The second kappa shape index (κ2) is 7.89. The van der Waals surface area contributed by atoms with E-state index in [0.717, 1.165) is 12.8 Å². The van der Waals surface area contributed by atoms with Crippen molar-refractivity contribution in [1.29, 1.82) is 5.26 Å². The van der Waals surface area contributed by atoms with Gasteiger partial charge in [-0.3, -0.25) is 4.79 Å². The number of nitrogens with zero attached hydrogens (tertiary/aromatic N) is 1. The first kappa shape index (κ1) is 17.9. The van der Waals surface area contributed by atoms with E-state index in [1.54, 1.807) is 25.1 Å². The van der Waals surface area contributed by atoms with Crippen LogP contribution in [0.3, 0.4) is 0 Å². The molecule has 0 aliphatic heterocycles. The zero-order valence-corrected chi connectivity index (χ0v) is 14.7. The predicted octanol–water partition coefficient (Wildman–Crippen LogP) is 4.06. The van der Waals surface area contributed by atoms with Gasteiger partial charge in [0, 0.05) is 11.3 Å². The Kier molecular flexibility index (Phi) is 5.88. The molecule has 0 fully saturated rings. The number of halogens is 1. The van der Waals surface area contributed by atoms with Crippen molar-refractivity contribution in [3.63, 3.8) is 0 Å². The highest BCUT2D eigenvalue weighted by Gasteiger charge is 2.16. The van der Waals surface area contributed by atoms with E-state index in [0.29, 0.717) is 39.9 Å². The number of aromatic nitrogens is 1. The summed E-state index contributed by atoms with van der Waals surface area (Å²) >= 11 is 6.34. The van der Waals surface area contributed by atoms with E-state index < -0.39 is 5.56 Å². The molecule has 0 amide bonds. The van der Waals surface area contributed by atoms with Crippen molar-refractivity contribution < 1.29 is 9.47 Å². The third-order valence-corrected chi connectivity index (χ3v) is 3.85. The van der Waals surface area contributed by atoms with Crippen LogP contribution in [-0.4, -0.2) is 18.7 Å². The summed E-state index contributed by atoms with van der Waals surface area (Å²) in [4.78, 5) is 14.6. The van der Waals surface area contributed by atoms with Gasteiger partial charge in [0.05, 0.1) is 18.7 Å². The molecule has 1 heterocycles. The highest BCUT2D eigenvalue weighted by atomic mass is 35.5. The molecular formula is C18H19ClN2O3. The average molecular weight is 347 g/mol. The molecule has 2 aromatic rings. The van der Waals surface area contributed by atoms with Gasteiger partial charge in [0.1, 0.15) is 11.6 Å². The van der Waals surface area contributed by atoms with Gasteiger partial charge in [0.2, 0.25) is 0 Å². The number of nitrogens with one attached hydrogen (secondary N) is 1. The van der Waals surface area contributed by atoms with Crippen LogP contribution in [0, 0.1) is 18.3 Å². The number of aromatic amines is 1. The molecule has 0 radical (unpaired) electrons. The second-order valence-corrected chi connectivity index (χ2v) is 5.78. The van der Waals surface area contributed by atoms with Gasteiger partial charge in [-0.25, -0.2) is 0 Å². The first-order valence-corrected chi connectivity index (χ1v) is 8.04. The summed E-state index contributed by atoms with van der Waals surface area (Å²) in [6, 6.07) is 7.09. The maximum Gasteiger partial charge on any atom is 0.266 e. The molecule has 0 spiro atoms. The topological polar surface area (TPSA) is 75.1 Å². The molecule has 1 aromatic carbocycles. The summed E-state index contributed by atoms with van der Waals surface area (Å²) in [6.45, 7) is 4.37. The predicted molar refractivity (Wildman–Crippen MR) is 93.9 cm³/mol. The number of aryl methyl sites for hydroxylation is 1. The van der Waals surface area contributed by atoms with Crippen molar-refractivity contribution in [1.82, 2.24) is 4.98 Å². The maximum atomic E-state index is 12.0. The Bertz CT molecular complexity index is 837. The van der Waals surface area contributed by atoms with Crippen LogP contribution in [0.4, 0.5) is 0 Å². The van der Waals surface area contributed by atoms with E-state index in [1.165, 1.54) is 7.11 Å². The van der Waals surface area contributed by atoms with Crippen LogP contribution in [0.5, 0.6) is 11.5 Å². The summed E-state index contributed by atoms with van der Waals surface area (Å²) in [7, 11) is 1.52. The van der Waals surface area contributed by atoms with Crippen molar-refractivity contribution >= 4 is 11.6 Å². The van der Waals surface area contributed by atoms with Gasteiger partial charge in [-0.2, -0.15) is 5.26 Å². The molecule has 2 rings (SSSR count). The highest BCUT2D eigenvalue weighted by Crippen LogP contribution is 2.40. The largest absolute Gasteiger partial charge is 0.493 e. The molecule has 0 atom stereocenters. The molecule has 1 aromatic heterocycles. The van der Waals surface area contributed by atoms with E-state index in [1.807, 2.05) is 6.07 Å². The van der Waals surface area contributed by atoms with Crippen molar-refractivity contribution in [3.05, 3.63) is 44.8 Å². The van der Waals surface area contributed by atoms with E-state index in [2.05, 4.69) is 11.9 Å². The fourth-order valence-corrected chi connectivity index (χ4v) is 2.63. The maximum absolute atomic E-state index is 12.0. The SMILES string of the molecule is CCCCOc1c(Cl)cc(-c2cc(C)[nH]c(=O)c2C#N)cc1OC. The Balaban J connectivity index is 2.56. The Morgan fingerprint density at radius 3 is 2.71 bits per heavy atom. The molecule has 126 valence electrons. The number of nitriles is 1.